The summed E-state index contributed by atoms with van der Waals surface area (Å²) in [7, 11) is 0. The lowest BCUT2D eigenvalue weighted by molar-refractivity contribution is 0.193. The van der Waals surface area contributed by atoms with E-state index in [-0.39, 0.29) is 5.69 Å². The molecule has 1 fully saturated rings. The number of hydrogen-bond acceptors (Lipinski definition) is 4. The molecular weight excluding hydrogens is 390 g/mol. The molecule has 1 atom stereocenters. The average molecular weight is 405 g/mol. The zero-order valence-electron chi connectivity index (χ0n) is 14.5. The maximum atomic E-state index is 13.8. The summed E-state index contributed by atoms with van der Waals surface area (Å²) < 4.78 is 32.2. The summed E-state index contributed by atoms with van der Waals surface area (Å²) >= 11 is 5.89. The van der Waals surface area contributed by atoms with Crippen molar-refractivity contribution in [2.75, 3.05) is 11.9 Å². The van der Waals surface area contributed by atoms with Gasteiger partial charge in [0.2, 0.25) is 11.7 Å². The number of aromatic nitrogens is 2. The van der Waals surface area contributed by atoms with Crippen molar-refractivity contribution in [3.63, 3.8) is 0 Å². The molecule has 9 heteroatoms. The first kappa shape index (κ1) is 18.4. The number of nitrogens with one attached hydrogen (secondary N) is 1. The first-order valence-corrected chi connectivity index (χ1v) is 9.01. The smallest absolute Gasteiger partial charge is 0.322 e. The number of benzene rings is 2. The van der Waals surface area contributed by atoms with Crippen LogP contribution in [-0.4, -0.2) is 27.6 Å². The van der Waals surface area contributed by atoms with E-state index in [1.807, 2.05) is 0 Å². The highest BCUT2D eigenvalue weighted by atomic mass is 35.5. The molecule has 0 bridgehead atoms. The number of hydrogen-bond donors (Lipinski definition) is 1. The number of carbonyl (C=O) groups excluding carboxylic acids is 1. The fourth-order valence-electron chi connectivity index (χ4n) is 3.13. The van der Waals surface area contributed by atoms with E-state index in [4.69, 9.17) is 16.1 Å². The second-order valence-corrected chi connectivity index (χ2v) is 6.81. The van der Waals surface area contributed by atoms with Gasteiger partial charge in [-0.05, 0) is 49.2 Å². The molecule has 2 aromatic carbocycles. The average Bonchev–Trinajstić information content (AvgIpc) is 3.33. The molecule has 2 heterocycles. The van der Waals surface area contributed by atoms with Gasteiger partial charge in [0, 0.05) is 23.2 Å². The Balaban J connectivity index is 1.52. The van der Waals surface area contributed by atoms with Crippen molar-refractivity contribution < 1.29 is 18.1 Å². The highest BCUT2D eigenvalue weighted by Crippen LogP contribution is 2.33. The summed E-state index contributed by atoms with van der Waals surface area (Å²) in [5.41, 5.74) is 0.645. The van der Waals surface area contributed by atoms with Crippen LogP contribution in [0.2, 0.25) is 5.02 Å². The van der Waals surface area contributed by atoms with Crippen LogP contribution in [0.15, 0.2) is 47.0 Å². The van der Waals surface area contributed by atoms with E-state index in [1.54, 1.807) is 24.3 Å². The summed E-state index contributed by atoms with van der Waals surface area (Å²) in [5, 5.41) is 7.03. The van der Waals surface area contributed by atoms with E-state index in [9.17, 15) is 13.6 Å². The van der Waals surface area contributed by atoms with Crippen molar-refractivity contribution >= 4 is 23.3 Å². The van der Waals surface area contributed by atoms with Crippen molar-refractivity contribution in [1.82, 2.24) is 15.0 Å². The molecule has 1 aliphatic rings. The van der Waals surface area contributed by atoms with E-state index in [0.717, 1.165) is 18.1 Å². The van der Waals surface area contributed by atoms with E-state index in [1.165, 1.54) is 11.0 Å². The molecule has 0 aliphatic carbocycles. The molecule has 2 amide bonds. The highest BCUT2D eigenvalue weighted by Gasteiger charge is 2.34. The van der Waals surface area contributed by atoms with Crippen molar-refractivity contribution in [1.29, 1.82) is 0 Å². The summed E-state index contributed by atoms with van der Waals surface area (Å²) in [6, 6.07) is 9.03. The third kappa shape index (κ3) is 3.68. The first-order valence-electron chi connectivity index (χ1n) is 8.63. The van der Waals surface area contributed by atoms with Crippen molar-refractivity contribution in [3.8, 4) is 11.4 Å². The fourth-order valence-corrected chi connectivity index (χ4v) is 3.26. The van der Waals surface area contributed by atoms with Gasteiger partial charge in [0.1, 0.15) is 17.7 Å². The van der Waals surface area contributed by atoms with Gasteiger partial charge in [0.15, 0.2) is 0 Å². The molecule has 1 saturated heterocycles. The molecule has 4 rings (SSSR count). The number of halogens is 3. The van der Waals surface area contributed by atoms with Crippen LogP contribution in [0.5, 0.6) is 0 Å². The molecule has 0 spiro atoms. The van der Waals surface area contributed by atoms with E-state index >= 15 is 0 Å². The highest BCUT2D eigenvalue weighted by molar-refractivity contribution is 6.30. The number of rotatable bonds is 3. The van der Waals surface area contributed by atoms with Crippen LogP contribution >= 0.6 is 11.6 Å². The van der Waals surface area contributed by atoms with Gasteiger partial charge in [-0.2, -0.15) is 4.98 Å². The van der Waals surface area contributed by atoms with E-state index < -0.39 is 23.7 Å². The second-order valence-electron chi connectivity index (χ2n) is 6.37. The zero-order valence-corrected chi connectivity index (χ0v) is 15.3. The fraction of sp³-hybridized carbons (Fsp3) is 0.211. The van der Waals surface area contributed by atoms with Gasteiger partial charge in [-0.15, -0.1) is 0 Å². The third-order valence-electron chi connectivity index (χ3n) is 4.52. The van der Waals surface area contributed by atoms with Crippen LogP contribution in [-0.2, 0) is 0 Å². The van der Waals surface area contributed by atoms with Crippen LogP contribution in [0.3, 0.4) is 0 Å². The van der Waals surface area contributed by atoms with Crippen LogP contribution in [0, 0.1) is 11.6 Å². The van der Waals surface area contributed by atoms with Crippen molar-refractivity contribution in [2.45, 2.75) is 18.9 Å². The topological polar surface area (TPSA) is 71.3 Å². The van der Waals surface area contributed by atoms with E-state index in [0.29, 0.717) is 35.8 Å². The Labute approximate surface area is 164 Å². The minimum Gasteiger partial charge on any atom is -0.337 e. The molecule has 1 aromatic heterocycles. The Bertz CT molecular complexity index is 1010. The van der Waals surface area contributed by atoms with Crippen molar-refractivity contribution in [2.24, 2.45) is 0 Å². The molecule has 28 heavy (non-hydrogen) atoms. The Hall–Kier alpha value is -3.00. The third-order valence-corrected chi connectivity index (χ3v) is 4.77. The van der Waals surface area contributed by atoms with Gasteiger partial charge in [0.25, 0.3) is 0 Å². The molecule has 1 aliphatic heterocycles. The number of amides is 2. The summed E-state index contributed by atoms with van der Waals surface area (Å²) in [4.78, 5) is 18.5. The number of anilines is 1. The Morgan fingerprint density at radius 3 is 2.75 bits per heavy atom. The number of urea groups is 1. The lowest BCUT2D eigenvalue weighted by atomic mass is 10.2. The zero-order chi connectivity index (χ0) is 19.7. The largest absolute Gasteiger partial charge is 0.337 e. The molecule has 3 aromatic rings. The standard InChI is InChI=1S/C19H15ClF2N4O2/c20-12-5-3-11(4-6-12)17-24-18(28-25-17)16-2-1-9-26(16)19(27)23-15-8-7-13(21)10-14(15)22/h3-8,10,16H,1-2,9H2,(H,23,27)/t16-/m1/s1. The second kappa shape index (κ2) is 7.55. The van der Waals surface area contributed by atoms with Crippen LogP contribution < -0.4 is 5.32 Å². The minimum absolute atomic E-state index is 0.0931. The number of likely N-dealkylation sites (tertiary alicyclic amines) is 1. The lowest BCUT2D eigenvalue weighted by Gasteiger charge is -2.22. The van der Waals surface area contributed by atoms with Crippen LogP contribution in [0.4, 0.5) is 19.3 Å². The normalized spacial score (nSPS) is 16.4. The maximum Gasteiger partial charge on any atom is 0.322 e. The number of carbonyl (C=O) groups is 1. The molecule has 1 N–H and O–H groups in total. The van der Waals surface area contributed by atoms with Crippen molar-refractivity contribution in [3.05, 3.63) is 65.0 Å². The summed E-state index contributed by atoms with van der Waals surface area (Å²) in [6.45, 7) is 0.456. The van der Waals surface area contributed by atoms with Gasteiger partial charge < -0.3 is 14.7 Å². The summed E-state index contributed by atoms with van der Waals surface area (Å²) in [6.07, 6.45) is 1.38. The Morgan fingerprint density at radius 1 is 1.21 bits per heavy atom. The van der Waals surface area contributed by atoms with Gasteiger partial charge in [-0.1, -0.05) is 16.8 Å². The molecule has 6 nitrogen and oxygen atoms in total. The number of nitrogens with zero attached hydrogens (tertiary/aromatic N) is 3. The molecule has 0 radical (unpaired) electrons. The minimum atomic E-state index is -0.841. The Kier molecular flexibility index (Phi) is 4.95. The van der Waals surface area contributed by atoms with Gasteiger partial charge in [0.05, 0.1) is 5.69 Å². The predicted molar refractivity (Wildman–Crippen MR) is 98.8 cm³/mol. The first-order chi connectivity index (χ1) is 13.5. The molecular formula is C19H15ClF2N4O2. The molecule has 0 unspecified atom stereocenters. The molecule has 0 saturated carbocycles. The van der Waals surface area contributed by atoms with E-state index in [2.05, 4.69) is 15.5 Å². The Morgan fingerprint density at radius 2 is 2.00 bits per heavy atom. The lowest BCUT2D eigenvalue weighted by Crippen LogP contribution is -2.34. The van der Waals surface area contributed by atoms with Crippen LogP contribution in [0.1, 0.15) is 24.8 Å². The molecule has 144 valence electrons. The quantitative estimate of drug-likeness (QED) is 0.664. The van der Waals surface area contributed by atoms with Crippen LogP contribution in [0.25, 0.3) is 11.4 Å². The predicted octanol–water partition coefficient (Wildman–Crippen LogP) is 5.04. The van der Waals surface area contributed by atoms with Gasteiger partial charge in [-0.3, -0.25) is 0 Å². The monoisotopic (exact) mass is 404 g/mol. The van der Waals surface area contributed by atoms with Gasteiger partial charge >= 0.3 is 6.03 Å². The SMILES string of the molecule is O=C(Nc1ccc(F)cc1F)N1CCC[C@@H]1c1nc(-c2ccc(Cl)cc2)no1. The van der Waals surface area contributed by atoms with Gasteiger partial charge in [-0.25, -0.2) is 13.6 Å². The summed E-state index contributed by atoms with van der Waals surface area (Å²) in [5.74, 6) is -0.859. The maximum absolute atomic E-state index is 13.8.